The fourth-order valence-corrected chi connectivity index (χ4v) is 0.706. The van der Waals surface area contributed by atoms with Gasteiger partial charge in [-0.25, -0.2) is 0 Å². The fourth-order valence-electron chi connectivity index (χ4n) is 0.706. The topological polar surface area (TPSA) is 40.5 Å². The lowest BCUT2D eigenvalue weighted by atomic mass is 10.0. The Kier molecular flexibility index (Phi) is 4.32. The summed E-state index contributed by atoms with van der Waals surface area (Å²) in [4.78, 5) is 0. The molecule has 0 spiro atoms. The molecule has 1 atom stereocenters. The molecule has 0 rings (SSSR count). The summed E-state index contributed by atoms with van der Waals surface area (Å²) >= 11 is 0. The molecular weight excluding hydrogens is 128 g/mol. The summed E-state index contributed by atoms with van der Waals surface area (Å²) < 4.78 is 0. The zero-order valence-electron chi connectivity index (χ0n) is 6.51. The van der Waals surface area contributed by atoms with Crippen LogP contribution in [0.4, 0.5) is 0 Å². The van der Waals surface area contributed by atoms with Crippen LogP contribution in [0.15, 0.2) is 12.7 Å². The van der Waals surface area contributed by atoms with Crippen LogP contribution in [0.25, 0.3) is 0 Å². The van der Waals surface area contributed by atoms with Gasteiger partial charge in [0.05, 0.1) is 12.2 Å². The van der Waals surface area contributed by atoms with Gasteiger partial charge >= 0.3 is 0 Å². The second-order valence-electron chi connectivity index (χ2n) is 2.84. The van der Waals surface area contributed by atoms with E-state index in [0.717, 1.165) is 12.8 Å². The molecule has 0 heterocycles. The van der Waals surface area contributed by atoms with Crippen LogP contribution in [0.1, 0.15) is 26.2 Å². The van der Waals surface area contributed by atoms with Crippen molar-refractivity contribution in [2.75, 3.05) is 6.61 Å². The molecule has 2 heteroatoms. The van der Waals surface area contributed by atoms with E-state index in [1.807, 2.05) is 6.08 Å². The second kappa shape index (κ2) is 4.47. The number of allylic oxidation sites excluding steroid dienone is 1. The number of rotatable bonds is 5. The van der Waals surface area contributed by atoms with Crippen LogP contribution in [0.5, 0.6) is 0 Å². The molecule has 0 saturated carbocycles. The van der Waals surface area contributed by atoms with Gasteiger partial charge in [0.1, 0.15) is 0 Å². The van der Waals surface area contributed by atoms with E-state index >= 15 is 0 Å². The van der Waals surface area contributed by atoms with Gasteiger partial charge in [0.25, 0.3) is 0 Å². The van der Waals surface area contributed by atoms with Crippen molar-refractivity contribution in [3.8, 4) is 0 Å². The zero-order chi connectivity index (χ0) is 8.04. The third kappa shape index (κ3) is 4.53. The molecule has 0 aliphatic rings. The van der Waals surface area contributed by atoms with Gasteiger partial charge in [0, 0.05) is 0 Å². The average molecular weight is 144 g/mol. The molecule has 0 aliphatic heterocycles. The Morgan fingerprint density at radius 2 is 2.20 bits per heavy atom. The molecule has 0 bridgehead atoms. The SMILES string of the molecule is C=CCCCC(C)(O)CO. The number of hydrogen-bond donors (Lipinski definition) is 2. The van der Waals surface area contributed by atoms with E-state index in [4.69, 9.17) is 5.11 Å². The summed E-state index contributed by atoms with van der Waals surface area (Å²) in [7, 11) is 0. The number of hydrogen-bond acceptors (Lipinski definition) is 2. The lowest BCUT2D eigenvalue weighted by molar-refractivity contribution is -0.00627. The lowest BCUT2D eigenvalue weighted by Crippen LogP contribution is -2.28. The first kappa shape index (κ1) is 9.66. The highest BCUT2D eigenvalue weighted by atomic mass is 16.3. The minimum absolute atomic E-state index is 0.163. The minimum Gasteiger partial charge on any atom is -0.393 e. The first-order valence-corrected chi connectivity index (χ1v) is 3.56. The van der Waals surface area contributed by atoms with Crippen LogP contribution < -0.4 is 0 Å². The minimum atomic E-state index is -0.900. The molecule has 0 saturated heterocycles. The average Bonchev–Trinajstić information content (AvgIpc) is 1.89. The van der Waals surface area contributed by atoms with Gasteiger partial charge < -0.3 is 10.2 Å². The van der Waals surface area contributed by atoms with Crippen molar-refractivity contribution in [1.82, 2.24) is 0 Å². The maximum absolute atomic E-state index is 9.27. The Morgan fingerprint density at radius 3 is 2.60 bits per heavy atom. The molecule has 0 aromatic heterocycles. The highest BCUT2D eigenvalue weighted by Crippen LogP contribution is 2.11. The maximum atomic E-state index is 9.27. The number of aliphatic hydroxyl groups is 2. The molecular formula is C8H16O2. The van der Waals surface area contributed by atoms with Crippen LogP contribution >= 0.6 is 0 Å². The van der Waals surface area contributed by atoms with Crippen LogP contribution in [0, 0.1) is 0 Å². The molecule has 2 N–H and O–H groups in total. The van der Waals surface area contributed by atoms with Gasteiger partial charge in [-0.3, -0.25) is 0 Å². The van der Waals surface area contributed by atoms with Crippen molar-refractivity contribution in [1.29, 1.82) is 0 Å². The lowest BCUT2D eigenvalue weighted by Gasteiger charge is -2.19. The largest absolute Gasteiger partial charge is 0.393 e. The summed E-state index contributed by atoms with van der Waals surface area (Å²) in [5.74, 6) is 0. The van der Waals surface area contributed by atoms with Gasteiger partial charge in [0.15, 0.2) is 0 Å². The highest BCUT2D eigenvalue weighted by Gasteiger charge is 2.16. The highest BCUT2D eigenvalue weighted by molar-refractivity contribution is 4.74. The first-order valence-electron chi connectivity index (χ1n) is 3.56. The van der Waals surface area contributed by atoms with Gasteiger partial charge in [-0.05, 0) is 26.2 Å². The van der Waals surface area contributed by atoms with E-state index in [0.29, 0.717) is 6.42 Å². The quantitative estimate of drug-likeness (QED) is 0.448. The summed E-state index contributed by atoms with van der Waals surface area (Å²) in [6.45, 7) is 5.03. The van der Waals surface area contributed by atoms with Crippen molar-refractivity contribution in [3.05, 3.63) is 12.7 Å². The molecule has 0 aromatic carbocycles. The van der Waals surface area contributed by atoms with E-state index in [-0.39, 0.29) is 6.61 Å². The second-order valence-corrected chi connectivity index (χ2v) is 2.84. The van der Waals surface area contributed by atoms with E-state index in [2.05, 4.69) is 6.58 Å². The maximum Gasteiger partial charge on any atom is 0.0849 e. The third-order valence-corrected chi connectivity index (χ3v) is 1.46. The summed E-state index contributed by atoms with van der Waals surface area (Å²) in [6, 6.07) is 0. The number of unbranched alkanes of at least 4 members (excludes halogenated alkanes) is 1. The van der Waals surface area contributed by atoms with Crippen LogP contribution in [0.2, 0.25) is 0 Å². The van der Waals surface area contributed by atoms with Crippen LogP contribution in [-0.4, -0.2) is 22.4 Å². The summed E-state index contributed by atoms with van der Waals surface area (Å²) in [5, 5.41) is 17.9. The van der Waals surface area contributed by atoms with Gasteiger partial charge in [-0.2, -0.15) is 0 Å². The predicted molar refractivity (Wildman–Crippen MR) is 41.8 cm³/mol. The Balaban J connectivity index is 3.36. The van der Waals surface area contributed by atoms with E-state index < -0.39 is 5.60 Å². The predicted octanol–water partition coefficient (Wildman–Crippen LogP) is 1.09. The molecule has 10 heavy (non-hydrogen) atoms. The van der Waals surface area contributed by atoms with Crippen molar-refractivity contribution < 1.29 is 10.2 Å². The molecule has 0 radical (unpaired) electrons. The van der Waals surface area contributed by atoms with Crippen molar-refractivity contribution >= 4 is 0 Å². The van der Waals surface area contributed by atoms with Crippen molar-refractivity contribution in [3.63, 3.8) is 0 Å². The van der Waals surface area contributed by atoms with E-state index in [1.165, 1.54) is 0 Å². The van der Waals surface area contributed by atoms with Crippen molar-refractivity contribution in [2.45, 2.75) is 31.8 Å². The first-order chi connectivity index (χ1) is 4.62. The Morgan fingerprint density at radius 1 is 1.60 bits per heavy atom. The standard InChI is InChI=1S/C8H16O2/c1-3-4-5-6-8(2,10)7-9/h3,9-10H,1,4-7H2,2H3. The molecule has 0 aliphatic carbocycles. The smallest absolute Gasteiger partial charge is 0.0849 e. The third-order valence-electron chi connectivity index (χ3n) is 1.46. The Labute approximate surface area is 62.2 Å². The zero-order valence-corrected chi connectivity index (χ0v) is 6.51. The van der Waals surface area contributed by atoms with Gasteiger partial charge in [-0.15, -0.1) is 6.58 Å². The van der Waals surface area contributed by atoms with E-state index in [9.17, 15) is 5.11 Å². The molecule has 60 valence electrons. The molecule has 0 amide bonds. The van der Waals surface area contributed by atoms with Crippen LogP contribution in [-0.2, 0) is 0 Å². The Hall–Kier alpha value is -0.340. The van der Waals surface area contributed by atoms with Crippen LogP contribution in [0.3, 0.4) is 0 Å². The summed E-state index contributed by atoms with van der Waals surface area (Å²) in [5.41, 5.74) is -0.900. The summed E-state index contributed by atoms with van der Waals surface area (Å²) in [6.07, 6.45) is 4.23. The molecule has 1 unspecified atom stereocenters. The molecule has 0 aromatic rings. The molecule has 0 fully saturated rings. The fraction of sp³-hybridized carbons (Fsp3) is 0.750. The molecule has 2 nitrogen and oxygen atoms in total. The number of aliphatic hydroxyl groups excluding tert-OH is 1. The van der Waals surface area contributed by atoms with Crippen molar-refractivity contribution in [2.24, 2.45) is 0 Å². The monoisotopic (exact) mass is 144 g/mol. The van der Waals surface area contributed by atoms with E-state index in [1.54, 1.807) is 6.92 Å². The van der Waals surface area contributed by atoms with Gasteiger partial charge in [0.2, 0.25) is 0 Å². The Bertz CT molecular complexity index is 97.4. The normalized spacial score (nSPS) is 16.3. The van der Waals surface area contributed by atoms with Gasteiger partial charge in [-0.1, -0.05) is 6.08 Å².